The molecule has 3 rings (SSSR count). The molecule has 1 aliphatic heterocycles. The molecular weight excluding hydrogens is 158 g/mol. The highest BCUT2D eigenvalue weighted by atomic mass is 14.9. The molecule has 1 saturated heterocycles. The maximum absolute atomic E-state index is 3.53. The van der Waals surface area contributed by atoms with Gasteiger partial charge in [0.15, 0.2) is 0 Å². The van der Waals surface area contributed by atoms with Crippen molar-refractivity contribution in [2.75, 3.05) is 6.54 Å². The monoisotopic (exact) mass is 171 g/mol. The van der Waals surface area contributed by atoms with Gasteiger partial charge in [0.25, 0.3) is 0 Å². The first-order valence-corrected chi connectivity index (χ1v) is 4.97. The lowest BCUT2D eigenvalue weighted by Crippen LogP contribution is -2.36. The van der Waals surface area contributed by atoms with Crippen molar-refractivity contribution in [1.29, 1.82) is 0 Å². The zero-order valence-corrected chi connectivity index (χ0v) is 7.59. The van der Waals surface area contributed by atoms with E-state index in [9.17, 15) is 0 Å². The van der Waals surface area contributed by atoms with Crippen molar-refractivity contribution in [2.45, 2.75) is 18.9 Å². The predicted octanol–water partition coefficient (Wildman–Crippen LogP) is 0.383. The second-order valence-corrected chi connectivity index (χ2v) is 3.81. The molecule has 13 heavy (non-hydrogen) atoms. The van der Waals surface area contributed by atoms with E-state index in [4.69, 9.17) is 0 Å². The lowest BCUT2D eigenvalue weighted by atomic mass is 9.96. The largest absolute Gasteiger partial charge is 0.310 e. The Balaban J connectivity index is 2.38. The number of nitrogens with one attached hydrogen (secondary N) is 1. The molecule has 1 fully saturated rings. The van der Waals surface area contributed by atoms with Gasteiger partial charge in [-0.15, -0.1) is 0 Å². The van der Waals surface area contributed by atoms with Gasteiger partial charge >= 0.3 is 0 Å². The average Bonchev–Trinajstić information content (AvgIpc) is 2.65. The maximum atomic E-state index is 3.53. The standard InChI is InChI=1S/C12H13N/c1-2-4-10-9(3-1)5-6-12-11(10)7-8-13-12/h1-5,12-13H,6-8H2. The van der Waals surface area contributed by atoms with Gasteiger partial charge in [-0.05, 0) is 35.4 Å². The minimum Gasteiger partial charge on any atom is -0.310 e. The Morgan fingerprint density at radius 2 is 2.15 bits per heavy atom. The number of hydrogen-bond donors (Lipinski definition) is 1. The summed E-state index contributed by atoms with van der Waals surface area (Å²) < 4.78 is 0. The van der Waals surface area contributed by atoms with Crippen molar-refractivity contribution in [3.05, 3.63) is 34.7 Å². The van der Waals surface area contributed by atoms with Crippen LogP contribution in [0.2, 0.25) is 0 Å². The second kappa shape index (κ2) is 2.71. The molecule has 1 aliphatic carbocycles. The number of fused-ring (bicyclic) bond motifs is 2. The van der Waals surface area contributed by atoms with Crippen LogP contribution in [0.15, 0.2) is 24.3 Å². The summed E-state index contributed by atoms with van der Waals surface area (Å²) in [5.74, 6) is 0. The lowest BCUT2D eigenvalue weighted by molar-refractivity contribution is 0.699. The molecule has 1 heterocycles. The molecule has 0 bridgehead atoms. The van der Waals surface area contributed by atoms with E-state index in [1.54, 1.807) is 5.57 Å². The van der Waals surface area contributed by atoms with E-state index in [0.717, 1.165) is 6.54 Å². The molecule has 1 N–H and O–H groups in total. The van der Waals surface area contributed by atoms with Gasteiger partial charge in [0, 0.05) is 6.04 Å². The Bertz CT molecular complexity index is 444. The highest BCUT2D eigenvalue weighted by molar-refractivity contribution is 5.58. The smallest absolute Gasteiger partial charge is 0.0324 e. The Morgan fingerprint density at radius 1 is 1.23 bits per heavy atom. The number of hydrogen-bond acceptors (Lipinski definition) is 1. The minimum atomic E-state index is 0.634. The third kappa shape index (κ3) is 1.04. The highest BCUT2D eigenvalue weighted by Crippen LogP contribution is 2.18. The van der Waals surface area contributed by atoms with E-state index in [2.05, 4.69) is 35.7 Å². The Morgan fingerprint density at radius 3 is 3.15 bits per heavy atom. The van der Waals surface area contributed by atoms with Crippen molar-refractivity contribution < 1.29 is 0 Å². The lowest BCUT2D eigenvalue weighted by Gasteiger charge is -2.14. The van der Waals surface area contributed by atoms with Crippen LogP contribution in [0.3, 0.4) is 0 Å². The van der Waals surface area contributed by atoms with Gasteiger partial charge in [-0.1, -0.05) is 30.3 Å². The van der Waals surface area contributed by atoms with Gasteiger partial charge in [-0.25, -0.2) is 0 Å². The first kappa shape index (κ1) is 7.34. The van der Waals surface area contributed by atoms with Crippen LogP contribution >= 0.6 is 0 Å². The first-order valence-electron chi connectivity index (χ1n) is 4.97. The second-order valence-electron chi connectivity index (χ2n) is 3.81. The molecule has 0 radical (unpaired) electrons. The van der Waals surface area contributed by atoms with Crippen molar-refractivity contribution in [3.8, 4) is 0 Å². The fraction of sp³-hybridized carbons (Fsp3) is 0.333. The summed E-state index contributed by atoms with van der Waals surface area (Å²) in [4.78, 5) is 0. The zero-order valence-electron chi connectivity index (χ0n) is 7.59. The average molecular weight is 171 g/mol. The van der Waals surface area contributed by atoms with Crippen LogP contribution < -0.4 is 15.8 Å². The fourth-order valence-electron chi connectivity index (χ4n) is 2.44. The molecule has 0 aromatic heterocycles. The van der Waals surface area contributed by atoms with Crippen molar-refractivity contribution >= 4 is 11.6 Å². The topological polar surface area (TPSA) is 12.0 Å². The van der Waals surface area contributed by atoms with Gasteiger partial charge in [-0.3, -0.25) is 0 Å². The molecule has 1 nitrogen and oxygen atoms in total. The molecule has 0 spiro atoms. The predicted molar refractivity (Wildman–Crippen MR) is 54.6 cm³/mol. The van der Waals surface area contributed by atoms with Crippen LogP contribution in [0, 0.1) is 0 Å². The van der Waals surface area contributed by atoms with Crippen LogP contribution in [0.5, 0.6) is 0 Å². The normalized spacial score (nSPS) is 24.9. The summed E-state index contributed by atoms with van der Waals surface area (Å²) in [5.41, 5.74) is 1.62. The molecule has 2 aliphatic rings. The summed E-state index contributed by atoms with van der Waals surface area (Å²) in [7, 11) is 0. The Kier molecular flexibility index (Phi) is 1.53. The molecule has 0 amide bonds. The molecule has 0 saturated carbocycles. The van der Waals surface area contributed by atoms with Crippen LogP contribution in [-0.2, 0) is 0 Å². The molecule has 1 atom stereocenters. The summed E-state index contributed by atoms with van der Waals surface area (Å²) in [6.45, 7) is 1.15. The van der Waals surface area contributed by atoms with E-state index >= 15 is 0 Å². The quantitative estimate of drug-likeness (QED) is 0.595. The minimum absolute atomic E-state index is 0.634. The molecular formula is C12H13N. The van der Waals surface area contributed by atoms with Crippen molar-refractivity contribution in [3.63, 3.8) is 0 Å². The van der Waals surface area contributed by atoms with E-state index in [1.807, 2.05) is 0 Å². The summed E-state index contributed by atoms with van der Waals surface area (Å²) in [6, 6.07) is 9.37. The van der Waals surface area contributed by atoms with Gasteiger partial charge in [0.2, 0.25) is 0 Å². The van der Waals surface area contributed by atoms with E-state index in [-0.39, 0.29) is 0 Å². The van der Waals surface area contributed by atoms with Gasteiger partial charge in [0.1, 0.15) is 0 Å². The summed E-state index contributed by atoms with van der Waals surface area (Å²) >= 11 is 0. The van der Waals surface area contributed by atoms with Gasteiger partial charge in [0.05, 0.1) is 0 Å². The van der Waals surface area contributed by atoms with Crippen LogP contribution in [0.25, 0.3) is 11.6 Å². The number of rotatable bonds is 0. The van der Waals surface area contributed by atoms with Crippen LogP contribution in [0.4, 0.5) is 0 Å². The summed E-state index contributed by atoms with van der Waals surface area (Å²) in [6.07, 6.45) is 4.75. The molecule has 1 unspecified atom stereocenters. The summed E-state index contributed by atoms with van der Waals surface area (Å²) in [5, 5.41) is 6.44. The SMILES string of the molecule is C1=c2ccccc2=C2CCNC2C1. The molecule has 66 valence electrons. The van der Waals surface area contributed by atoms with Crippen LogP contribution in [-0.4, -0.2) is 12.6 Å². The van der Waals surface area contributed by atoms with Gasteiger partial charge < -0.3 is 5.32 Å². The molecule has 1 aromatic carbocycles. The maximum Gasteiger partial charge on any atom is 0.0324 e. The third-order valence-electron chi connectivity index (χ3n) is 3.09. The van der Waals surface area contributed by atoms with Crippen LogP contribution in [0.1, 0.15) is 12.8 Å². The van der Waals surface area contributed by atoms with Crippen molar-refractivity contribution in [1.82, 2.24) is 5.32 Å². The Hall–Kier alpha value is -1.08. The third-order valence-corrected chi connectivity index (χ3v) is 3.09. The van der Waals surface area contributed by atoms with Gasteiger partial charge in [-0.2, -0.15) is 0 Å². The van der Waals surface area contributed by atoms with E-state index in [0.29, 0.717) is 6.04 Å². The van der Waals surface area contributed by atoms with Crippen molar-refractivity contribution in [2.24, 2.45) is 0 Å². The molecule has 1 aromatic rings. The highest BCUT2D eigenvalue weighted by Gasteiger charge is 2.21. The molecule has 1 heteroatoms. The van der Waals surface area contributed by atoms with E-state index < -0.39 is 0 Å². The van der Waals surface area contributed by atoms with E-state index in [1.165, 1.54) is 23.3 Å². The fourth-order valence-corrected chi connectivity index (χ4v) is 2.44. The number of benzene rings is 1. The zero-order chi connectivity index (χ0) is 8.67. The Labute approximate surface area is 77.8 Å². The first-order chi connectivity index (χ1) is 6.45.